The smallest absolute Gasteiger partial charge is 0.406 e. The molecule has 0 aromatic heterocycles. The Labute approximate surface area is 77.1 Å². The van der Waals surface area contributed by atoms with Crippen LogP contribution >= 0.6 is 0 Å². The monoisotopic (exact) mass is 189 g/mol. The van der Waals surface area contributed by atoms with E-state index < -0.39 is 18.0 Å². The van der Waals surface area contributed by atoms with Crippen molar-refractivity contribution in [2.45, 2.75) is 13.8 Å². The fourth-order valence-electron chi connectivity index (χ4n) is 0.874. The molecule has 0 radical (unpaired) electrons. The number of carboxylic acid groups (broad SMARTS) is 1. The molecular weight excluding hydrogens is 174 g/mol. The molecule has 1 amide bonds. The van der Waals surface area contributed by atoms with Crippen LogP contribution in [0.25, 0.3) is 0 Å². The van der Waals surface area contributed by atoms with Gasteiger partial charge in [-0.15, -0.1) is 0 Å². The van der Waals surface area contributed by atoms with Gasteiger partial charge in [0.15, 0.2) is 0 Å². The molecule has 0 saturated heterocycles. The Hall–Kier alpha value is -1.26. The number of amides is 1. The van der Waals surface area contributed by atoms with Crippen LogP contribution in [0, 0.1) is 11.8 Å². The van der Waals surface area contributed by atoms with Gasteiger partial charge in [0, 0.05) is 6.54 Å². The van der Waals surface area contributed by atoms with Crippen LogP contribution in [0.1, 0.15) is 13.8 Å². The first-order valence-corrected chi connectivity index (χ1v) is 4.03. The normalized spacial score (nSPS) is 12.3. The van der Waals surface area contributed by atoms with E-state index in [1.54, 1.807) is 13.8 Å². The SMILES string of the molecule is COC(=O)NC[C@@H](C(=O)O)C(C)C. The molecule has 1 atom stereocenters. The minimum Gasteiger partial charge on any atom is -0.481 e. The highest BCUT2D eigenvalue weighted by Crippen LogP contribution is 2.09. The Kier molecular flexibility index (Phi) is 4.87. The van der Waals surface area contributed by atoms with E-state index in [1.165, 1.54) is 7.11 Å². The number of aliphatic carboxylic acids is 1. The van der Waals surface area contributed by atoms with Crippen molar-refractivity contribution in [3.8, 4) is 0 Å². The summed E-state index contributed by atoms with van der Waals surface area (Å²) >= 11 is 0. The zero-order valence-electron chi connectivity index (χ0n) is 8.03. The van der Waals surface area contributed by atoms with Crippen LogP contribution in [0.3, 0.4) is 0 Å². The number of alkyl carbamates (subject to hydrolysis) is 1. The van der Waals surface area contributed by atoms with E-state index in [9.17, 15) is 9.59 Å². The van der Waals surface area contributed by atoms with E-state index in [1.807, 2.05) is 0 Å². The maximum Gasteiger partial charge on any atom is 0.406 e. The lowest BCUT2D eigenvalue weighted by atomic mass is 9.96. The van der Waals surface area contributed by atoms with Crippen LogP contribution in [0.4, 0.5) is 4.79 Å². The van der Waals surface area contributed by atoms with Crippen LogP contribution in [-0.2, 0) is 9.53 Å². The molecule has 0 spiro atoms. The summed E-state index contributed by atoms with van der Waals surface area (Å²) in [4.78, 5) is 21.3. The Morgan fingerprint density at radius 2 is 2.00 bits per heavy atom. The summed E-state index contributed by atoms with van der Waals surface area (Å²) in [7, 11) is 1.24. The molecule has 0 heterocycles. The molecular formula is C8H15NO4. The number of carbonyl (C=O) groups is 2. The largest absolute Gasteiger partial charge is 0.481 e. The summed E-state index contributed by atoms with van der Waals surface area (Å²) in [6, 6.07) is 0. The molecule has 0 unspecified atom stereocenters. The lowest BCUT2D eigenvalue weighted by Gasteiger charge is -2.15. The zero-order chi connectivity index (χ0) is 10.4. The topological polar surface area (TPSA) is 75.6 Å². The maximum absolute atomic E-state index is 10.6. The maximum atomic E-state index is 10.6. The molecule has 0 aliphatic heterocycles. The molecule has 2 N–H and O–H groups in total. The minimum atomic E-state index is -0.911. The van der Waals surface area contributed by atoms with Crippen LogP contribution in [0.2, 0.25) is 0 Å². The molecule has 5 nitrogen and oxygen atoms in total. The van der Waals surface area contributed by atoms with Gasteiger partial charge in [-0.2, -0.15) is 0 Å². The number of carboxylic acids is 1. The van der Waals surface area contributed by atoms with Gasteiger partial charge in [0.25, 0.3) is 0 Å². The summed E-state index contributed by atoms with van der Waals surface area (Å²) in [6.07, 6.45) is -0.605. The first-order chi connectivity index (χ1) is 5.99. The van der Waals surface area contributed by atoms with Crippen LogP contribution in [0.15, 0.2) is 0 Å². The van der Waals surface area contributed by atoms with Crippen LogP contribution in [0.5, 0.6) is 0 Å². The van der Waals surface area contributed by atoms with Crippen LogP contribution < -0.4 is 5.32 Å². The van der Waals surface area contributed by atoms with Gasteiger partial charge in [0.1, 0.15) is 0 Å². The third kappa shape index (κ3) is 4.35. The second kappa shape index (κ2) is 5.40. The average molecular weight is 189 g/mol. The van der Waals surface area contributed by atoms with Crippen molar-refractivity contribution in [2.75, 3.05) is 13.7 Å². The summed E-state index contributed by atoms with van der Waals surface area (Å²) in [6.45, 7) is 3.68. The van der Waals surface area contributed by atoms with Crippen molar-refractivity contribution >= 4 is 12.1 Å². The van der Waals surface area contributed by atoms with Crippen molar-refractivity contribution < 1.29 is 19.4 Å². The van der Waals surface area contributed by atoms with Gasteiger partial charge in [0.05, 0.1) is 13.0 Å². The van der Waals surface area contributed by atoms with Crippen LogP contribution in [-0.4, -0.2) is 30.8 Å². The molecule has 76 valence electrons. The predicted molar refractivity (Wildman–Crippen MR) is 46.4 cm³/mol. The average Bonchev–Trinajstić information content (AvgIpc) is 2.03. The molecule has 13 heavy (non-hydrogen) atoms. The van der Waals surface area contributed by atoms with E-state index in [0.717, 1.165) is 0 Å². The van der Waals surface area contributed by atoms with Gasteiger partial charge >= 0.3 is 12.1 Å². The molecule has 0 saturated carbocycles. The number of ether oxygens (including phenoxy) is 1. The van der Waals surface area contributed by atoms with Crippen molar-refractivity contribution in [2.24, 2.45) is 11.8 Å². The summed E-state index contributed by atoms with van der Waals surface area (Å²) in [5, 5.41) is 11.1. The van der Waals surface area contributed by atoms with Crippen molar-refractivity contribution in [1.82, 2.24) is 5.32 Å². The highest BCUT2D eigenvalue weighted by Gasteiger charge is 2.21. The molecule has 0 aliphatic rings. The first kappa shape index (κ1) is 11.7. The summed E-state index contributed by atoms with van der Waals surface area (Å²) < 4.78 is 4.32. The number of carbonyl (C=O) groups excluding carboxylic acids is 1. The van der Waals surface area contributed by atoms with Crippen molar-refractivity contribution in [1.29, 1.82) is 0 Å². The third-order valence-corrected chi connectivity index (χ3v) is 1.77. The van der Waals surface area contributed by atoms with E-state index in [0.29, 0.717) is 0 Å². The quantitative estimate of drug-likeness (QED) is 0.682. The Morgan fingerprint density at radius 1 is 1.46 bits per heavy atom. The molecule has 0 aliphatic carbocycles. The number of hydrogen-bond acceptors (Lipinski definition) is 3. The highest BCUT2D eigenvalue weighted by atomic mass is 16.5. The minimum absolute atomic E-state index is 0.0188. The molecule has 0 aromatic rings. The van der Waals surface area contributed by atoms with Gasteiger partial charge in [0.2, 0.25) is 0 Å². The lowest BCUT2D eigenvalue weighted by Crippen LogP contribution is -2.35. The Balaban J connectivity index is 3.97. The van der Waals surface area contributed by atoms with Gasteiger partial charge in [-0.05, 0) is 5.92 Å². The van der Waals surface area contributed by atoms with Gasteiger partial charge in [-0.25, -0.2) is 4.79 Å². The summed E-state index contributed by atoms with van der Waals surface area (Å²) in [5.41, 5.74) is 0. The number of rotatable bonds is 4. The standard InChI is InChI=1S/C8H15NO4/c1-5(2)6(7(10)11)4-9-8(12)13-3/h5-6H,4H2,1-3H3,(H,9,12)(H,10,11)/t6-/m1/s1. The number of methoxy groups -OCH3 is 1. The van der Waals surface area contributed by atoms with E-state index >= 15 is 0 Å². The predicted octanol–water partition coefficient (Wildman–Crippen LogP) is 0.699. The van der Waals surface area contributed by atoms with Crippen molar-refractivity contribution in [3.05, 3.63) is 0 Å². The van der Waals surface area contributed by atoms with E-state index in [2.05, 4.69) is 10.1 Å². The zero-order valence-corrected chi connectivity index (χ0v) is 8.03. The Morgan fingerprint density at radius 3 is 2.31 bits per heavy atom. The third-order valence-electron chi connectivity index (χ3n) is 1.77. The molecule has 0 aromatic carbocycles. The lowest BCUT2D eigenvalue weighted by molar-refractivity contribution is -0.142. The fourth-order valence-corrected chi connectivity index (χ4v) is 0.874. The number of hydrogen-bond donors (Lipinski definition) is 2. The fraction of sp³-hybridized carbons (Fsp3) is 0.750. The second-order valence-electron chi connectivity index (χ2n) is 3.06. The first-order valence-electron chi connectivity index (χ1n) is 4.03. The highest BCUT2D eigenvalue weighted by molar-refractivity contribution is 5.72. The van der Waals surface area contributed by atoms with E-state index in [-0.39, 0.29) is 12.5 Å². The molecule has 5 heteroatoms. The molecule has 0 rings (SSSR count). The van der Waals surface area contributed by atoms with Crippen molar-refractivity contribution in [3.63, 3.8) is 0 Å². The molecule has 0 fully saturated rings. The van der Waals surface area contributed by atoms with Gasteiger partial charge in [-0.1, -0.05) is 13.8 Å². The van der Waals surface area contributed by atoms with Gasteiger partial charge in [-0.3, -0.25) is 4.79 Å². The molecule has 0 bridgehead atoms. The summed E-state index contributed by atoms with van der Waals surface area (Å²) in [5.74, 6) is -1.50. The van der Waals surface area contributed by atoms with Gasteiger partial charge < -0.3 is 15.2 Å². The van der Waals surface area contributed by atoms with E-state index in [4.69, 9.17) is 5.11 Å². The second-order valence-corrected chi connectivity index (χ2v) is 3.06. The number of nitrogens with one attached hydrogen (secondary N) is 1. The Bertz CT molecular complexity index is 191.